The highest BCUT2D eigenvalue weighted by atomic mass is 16.4. The number of carboxylic acid groups (broad SMARTS) is 3. The first kappa shape index (κ1) is 23.4. The maximum atomic E-state index is 9.90. The number of hydrogen-bond donors (Lipinski definition) is 6. The molecule has 0 bridgehead atoms. The Kier molecular flexibility index (Phi) is 26.3. The molecule has 9 nitrogen and oxygen atoms in total. The van der Waals surface area contributed by atoms with Gasteiger partial charge in [0, 0.05) is 39.0 Å². The van der Waals surface area contributed by atoms with Gasteiger partial charge < -0.3 is 32.1 Å². The SMILES string of the molecule is NCCNCCN.O=C(O)CCCCC(=O)O.O=CO. The van der Waals surface area contributed by atoms with Crippen molar-refractivity contribution in [3.63, 3.8) is 0 Å². The molecule has 0 aromatic carbocycles. The lowest BCUT2D eigenvalue weighted by molar-refractivity contribution is -0.139. The number of nitrogens with one attached hydrogen (secondary N) is 1. The van der Waals surface area contributed by atoms with Crippen LogP contribution in [0, 0.1) is 0 Å². The number of rotatable bonds is 9. The van der Waals surface area contributed by atoms with E-state index in [1.807, 2.05) is 0 Å². The Morgan fingerprint density at radius 1 is 0.950 bits per heavy atom. The first-order chi connectivity index (χ1) is 9.45. The Labute approximate surface area is 117 Å². The Morgan fingerprint density at radius 2 is 1.25 bits per heavy atom. The zero-order chi connectivity index (χ0) is 16.2. The Morgan fingerprint density at radius 3 is 1.45 bits per heavy atom. The minimum absolute atomic E-state index is 0.0628. The average Bonchev–Trinajstić information content (AvgIpc) is 2.37. The fourth-order valence-electron chi connectivity index (χ4n) is 0.882. The Bertz CT molecular complexity index is 218. The van der Waals surface area contributed by atoms with Gasteiger partial charge in [0.05, 0.1) is 0 Å². The molecule has 0 aliphatic rings. The number of carboxylic acids is 2. The van der Waals surface area contributed by atoms with Crippen LogP contribution in [0.3, 0.4) is 0 Å². The van der Waals surface area contributed by atoms with E-state index in [2.05, 4.69) is 5.32 Å². The molecule has 0 aliphatic heterocycles. The monoisotopic (exact) mass is 295 g/mol. The molecule has 20 heavy (non-hydrogen) atoms. The van der Waals surface area contributed by atoms with Crippen LogP contribution in [0.25, 0.3) is 0 Å². The van der Waals surface area contributed by atoms with E-state index in [4.69, 9.17) is 31.6 Å². The van der Waals surface area contributed by atoms with Crippen LogP contribution in [-0.4, -0.2) is 59.9 Å². The van der Waals surface area contributed by atoms with E-state index < -0.39 is 11.9 Å². The fraction of sp³-hybridized carbons (Fsp3) is 0.727. The molecule has 0 aliphatic carbocycles. The molecule has 0 atom stereocenters. The van der Waals surface area contributed by atoms with Crippen LogP contribution in [0.1, 0.15) is 25.7 Å². The lowest BCUT2D eigenvalue weighted by atomic mass is 10.2. The standard InChI is InChI=1S/C6H10O4.C4H13N3.CH2O2/c7-5(8)3-1-2-4-6(9)10;5-1-3-7-4-2-6;2-1-3/h1-4H2,(H,7,8)(H,9,10);7H,1-6H2;1H,(H,2,3). The van der Waals surface area contributed by atoms with Gasteiger partial charge in [0.2, 0.25) is 0 Å². The molecule has 120 valence electrons. The van der Waals surface area contributed by atoms with Crippen LogP contribution in [0.2, 0.25) is 0 Å². The second-order valence-corrected chi connectivity index (χ2v) is 3.43. The van der Waals surface area contributed by atoms with Crippen LogP contribution >= 0.6 is 0 Å². The van der Waals surface area contributed by atoms with Crippen LogP contribution < -0.4 is 16.8 Å². The van der Waals surface area contributed by atoms with Gasteiger partial charge >= 0.3 is 11.9 Å². The van der Waals surface area contributed by atoms with Gasteiger partial charge in [-0.1, -0.05) is 0 Å². The summed E-state index contributed by atoms with van der Waals surface area (Å²) in [5.41, 5.74) is 10.3. The lowest BCUT2D eigenvalue weighted by Gasteiger charge is -1.95. The predicted octanol–water partition coefficient (Wildman–Crippen LogP) is -1.09. The molecular formula is C11H25N3O6. The highest BCUT2D eigenvalue weighted by Crippen LogP contribution is 1.98. The van der Waals surface area contributed by atoms with Gasteiger partial charge in [0.25, 0.3) is 6.47 Å². The third-order valence-corrected chi connectivity index (χ3v) is 1.67. The van der Waals surface area contributed by atoms with Gasteiger partial charge in [-0.2, -0.15) is 0 Å². The van der Waals surface area contributed by atoms with E-state index in [-0.39, 0.29) is 19.3 Å². The molecule has 0 aromatic rings. The molecular weight excluding hydrogens is 270 g/mol. The highest BCUT2D eigenvalue weighted by molar-refractivity contribution is 5.67. The molecule has 0 unspecified atom stereocenters. The molecule has 0 heterocycles. The Balaban J connectivity index is -0.000000251. The summed E-state index contributed by atoms with van der Waals surface area (Å²) in [6.07, 6.45) is 1.02. The van der Waals surface area contributed by atoms with Crippen LogP contribution in [-0.2, 0) is 14.4 Å². The summed E-state index contributed by atoms with van der Waals surface area (Å²) in [5.74, 6) is -1.74. The largest absolute Gasteiger partial charge is 0.483 e. The predicted molar refractivity (Wildman–Crippen MR) is 73.4 cm³/mol. The quantitative estimate of drug-likeness (QED) is 0.228. The summed E-state index contributed by atoms with van der Waals surface area (Å²) in [7, 11) is 0. The van der Waals surface area contributed by atoms with Gasteiger partial charge in [-0.15, -0.1) is 0 Å². The number of nitrogens with two attached hydrogens (primary N) is 2. The maximum absolute atomic E-state index is 9.90. The smallest absolute Gasteiger partial charge is 0.303 e. The number of unbranched alkanes of at least 4 members (excludes halogenated alkanes) is 1. The lowest BCUT2D eigenvalue weighted by Crippen LogP contribution is -2.27. The average molecular weight is 295 g/mol. The maximum Gasteiger partial charge on any atom is 0.303 e. The van der Waals surface area contributed by atoms with Gasteiger partial charge in [0.15, 0.2) is 0 Å². The first-order valence-electron chi connectivity index (χ1n) is 6.08. The van der Waals surface area contributed by atoms with Crippen molar-refractivity contribution < 1.29 is 29.7 Å². The van der Waals surface area contributed by atoms with E-state index in [1.54, 1.807) is 0 Å². The van der Waals surface area contributed by atoms with Crippen molar-refractivity contribution in [1.82, 2.24) is 5.32 Å². The Hall–Kier alpha value is -1.71. The zero-order valence-electron chi connectivity index (χ0n) is 11.5. The fourth-order valence-corrected chi connectivity index (χ4v) is 0.882. The minimum atomic E-state index is -0.870. The molecule has 9 heteroatoms. The van der Waals surface area contributed by atoms with Crippen molar-refractivity contribution in [3.8, 4) is 0 Å². The zero-order valence-corrected chi connectivity index (χ0v) is 11.5. The van der Waals surface area contributed by atoms with Gasteiger partial charge in [0.1, 0.15) is 0 Å². The summed E-state index contributed by atoms with van der Waals surface area (Å²) >= 11 is 0. The molecule has 0 saturated carbocycles. The van der Waals surface area contributed by atoms with E-state index in [9.17, 15) is 9.59 Å². The first-order valence-corrected chi connectivity index (χ1v) is 6.08. The van der Waals surface area contributed by atoms with Gasteiger partial charge in [-0.3, -0.25) is 14.4 Å². The van der Waals surface area contributed by atoms with Crippen molar-refractivity contribution in [2.75, 3.05) is 26.2 Å². The summed E-state index contributed by atoms with van der Waals surface area (Å²) in [5, 5.41) is 26.2. The molecule has 0 saturated heterocycles. The molecule has 0 aromatic heterocycles. The number of hydrogen-bond acceptors (Lipinski definition) is 6. The second-order valence-electron chi connectivity index (χ2n) is 3.43. The van der Waals surface area contributed by atoms with E-state index in [0.717, 1.165) is 13.1 Å². The van der Waals surface area contributed by atoms with Crippen molar-refractivity contribution in [3.05, 3.63) is 0 Å². The normalized spacial score (nSPS) is 8.50. The molecule has 0 fully saturated rings. The van der Waals surface area contributed by atoms with Crippen LogP contribution in [0.4, 0.5) is 0 Å². The summed E-state index contributed by atoms with van der Waals surface area (Å²) in [6.45, 7) is 2.88. The van der Waals surface area contributed by atoms with Crippen molar-refractivity contribution in [2.24, 2.45) is 11.5 Å². The van der Waals surface area contributed by atoms with Gasteiger partial charge in [-0.05, 0) is 12.8 Å². The highest BCUT2D eigenvalue weighted by Gasteiger charge is 1.99. The summed E-state index contributed by atoms with van der Waals surface area (Å²) in [6, 6.07) is 0. The third-order valence-electron chi connectivity index (χ3n) is 1.67. The van der Waals surface area contributed by atoms with Gasteiger partial charge in [-0.25, -0.2) is 0 Å². The minimum Gasteiger partial charge on any atom is -0.483 e. The third kappa shape index (κ3) is 44.1. The van der Waals surface area contributed by atoms with E-state index in [0.29, 0.717) is 25.9 Å². The second kappa shape index (κ2) is 22.5. The van der Waals surface area contributed by atoms with Crippen molar-refractivity contribution in [2.45, 2.75) is 25.7 Å². The van der Waals surface area contributed by atoms with Crippen molar-refractivity contribution >= 4 is 18.4 Å². The van der Waals surface area contributed by atoms with E-state index >= 15 is 0 Å². The number of aliphatic carboxylic acids is 2. The number of carbonyl (C=O) groups is 3. The topological polar surface area (TPSA) is 176 Å². The molecule has 0 rings (SSSR count). The van der Waals surface area contributed by atoms with Crippen molar-refractivity contribution in [1.29, 1.82) is 0 Å². The molecule has 0 spiro atoms. The summed E-state index contributed by atoms with van der Waals surface area (Å²) < 4.78 is 0. The van der Waals surface area contributed by atoms with Crippen LogP contribution in [0.5, 0.6) is 0 Å². The van der Waals surface area contributed by atoms with E-state index in [1.165, 1.54) is 0 Å². The summed E-state index contributed by atoms with van der Waals surface area (Å²) in [4.78, 5) is 28.2. The molecule has 0 radical (unpaired) electrons. The van der Waals surface area contributed by atoms with Crippen LogP contribution in [0.15, 0.2) is 0 Å². The molecule has 0 amide bonds. The molecule has 8 N–H and O–H groups in total.